The van der Waals surface area contributed by atoms with E-state index in [-0.39, 0.29) is 11.9 Å². The second kappa shape index (κ2) is 7.16. The number of carbonyl (C=O) groups excluding carboxylic acids is 2. The fourth-order valence-electron chi connectivity index (χ4n) is 2.81. The second-order valence-corrected chi connectivity index (χ2v) is 5.84. The van der Waals surface area contributed by atoms with E-state index in [0.29, 0.717) is 25.9 Å². The maximum Gasteiger partial charge on any atom is 0.315 e. The molecule has 2 N–H and O–H groups in total. The minimum Gasteiger partial charge on any atom is -0.338 e. The lowest BCUT2D eigenvalue weighted by Gasteiger charge is -2.17. The molecule has 1 atom stereocenters. The van der Waals surface area contributed by atoms with Gasteiger partial charge in [-0.3, -0.25) is 9.48 Å². The molecule has 0 aliphatic carbocycles. The van der Waals surface area contributed by atoms with Crippen LogP contribution in [0.1, 0.15) is 12.0 Å². The SMILES string of the molecule is Cn1cc(CCNC(=O)NC2CCN(c3ccccc3)C2=O)cn1. The lowest BCUT2D eigenvalue weighted by Crippen LogP contribution is -2.46. The molecule has 7 heteroatoms. The second-order valence-electron chi connectivity index (χ2n) is 5.84. The highest BCUT2D eigenvalue weighted by molar-refractivity contribution is 6.01. The predicted octanol–water partition coefficient (Wildman–Crippen LogP) is 1.07. The molecule has 1 saturated heterocycles. The average molecular weight is 327 g/mol. The molecule has 2 aromatic rings. The third-order valence-corrected chi connectivity index (χ3v) is 4.04. The lowest BCUT2D eigenvalue weighted by atomic mass is 10.2. The van der Waals surface area contributed by atoms with Crippen molar-refractivity contribution in [3.63, 3.8) is 0 Å². The molecular weight excluding hydrogens is 306 g/mol. The highest BCUT2D eigenvalue weighted by atomic mass is 16.2. The normalized spacial score (nSPS) is 17.1. The number of rotatable bonds is 5. The summed E-state index contributed by atoms with van der Waals surface area (Å²) in [6.07, 6.45) is 5.01. The van der Waals surface area contributed by atoms with Crippen molar-refractivity contribution in [1.29, 1.82) is 0 Å². The maximum absolute atomic E-state index is 12.4. The van der Waals surface area contributed by atoms with E-state index in [1.165, 1.54) is 0 Å². The fourth-order valence-corrected chi connectivity index (χ4v) is 2.81. The van der Waals surface area contributed by atoms with Crippen LogP contribution in [0.25, 0.3) is 0 Å². The highest BCUT2D eigenvalue weighted by Gasteiger charge is 2.33. The molecule has 1 fully saturated rings. The Bertz CT molecular complexity index is 713. The summed E-state index contributed by atoms with van der Waals surface area (Å²) in [5.74, 6) is -0.0661. The van der Waals surface area contributed by atoms with Crippen molar-refractivity contribution in [2.24, 2.45) is 7.05 Å². The molecule has 0 radical (unpaired) electrons. The number of benzene rings is 1. The Kier molecular flexibility index (Phi) is 4.79. The zero-order valence-electron chi connectivity index (χ0n) is 13.6. The summed E-state index contributed by atoms with van der Waals surface area (Å²) < 4.78 is 1.73. The largest absolute Gasteiger partial charge is 0.338 e. The molecular formula is C17H21N5O2. The van der Waals surface area contributed by atoms with Gasteiger partial charge in [0, 0.05) is 32.0 Å². The number of urea groups is 1. The van der Waals surface area contributed by atoms with Gasteiger partial charge >= 0.3 is 6.03 Å². The van der Waals surface area contributed by atoms with Gasteiger partial charge < -0.3 is 15.5 Å². The third kappa shape index (κ3) is 3.73. The van der Waals surface area contributed by atoms with Gasteiger partial charge in [0.1, 0.15) is 6.04 Å². The predicted molar refractivity (Wildman–Crippen MR) is 90.6 cm³/mol. The van der Waals surface area contributed by atoms with Gasteiger partial charge in [-0.05, 0) is 30.5 Å². The van der Waals surface area contributed by atoms with Crippen LogP contribution in [0.2, 0.25) is 0 Å². The van der Waals surface area contributed by atoms with Crippen molar-refractivity contribution in [2.45, 2.75) is 18.9 Å². The zero-order valence-corrected chi connectivity index (χ0v) is 13.6. The number of carbonyl (C=O) groups is 2. The van der Waals surface area contributed by atoms with Crippen LogP contribution in [-0.2, 0) is 18.3 Å². The van der Waals surface area contributed by atoms with Gasteiger partial charge in [0.15, 0.2) is 0 Å². The molecule has 1 aliphatic heterocycles. The number of hydrogen-bond acceptors (Lipinski definition) is 3. The first kappa shape index (κ1) is 16.0. The molecule has 3 rings (SSSR count). The Hall–Kier alpha value is -2.83. The zero-order chi connectivity index (χ0) is 16.9. The van der Waals surface area contributed by atoms with Crippen LogP contribution < -0.4 is 15.5 Å². The van der Waals surface area contributed by atoms with Gasteiger partial charge in [0.2, 0.25) is 5.91 Å². The number of amides is 3. The van der Waals surface area contributed by atoms with Gasteiger partial charge in [-0.2, -0.15) is 5.10 Å². The van der Waals surface area contributed by atoms with E-state index < -0.39 is 6.04 Å². The minimum absolute atomic E-state index is 0.0661. The van der Waals surface area contributed by atoms with E-state index in [1.54, 1.807) is 15.8 Å². The van der Waals surface area contributed by atoms with Crippen molar-refractivity contribution in [2.75, 3.05) is 18.0 Å². The van der Waals surface area contributed by atoms with E-state index in [2.05, 4.69) is 15.7 Å². The molecule has 1 aromatic heterocycles. The highest BCUT2D eigenvalue weighted by Crippen LogP contribution is 2.20. The summed E-state index contributed by atoms with van der Waals surface area (Å²) >= 11 is 0. The summed E-state index contributed by atoms with van der Waals surface area (Å²) in [6, 6.07) is 8.72. The van der Waals surface area contributed by atoms with Crippen molar-refractivity contribution in [3.8, 4) is 0 Å². The number of para-hydroxylation sites is 1. The quantitative estimate of drug-likeness (QED) is 0.862. The summed E-state index contributed by atoms with van der Waals surface area (Å²) in [7, 11) is 1.85. The van der Waals surface area contributed by atoms with Crippen LogP contribution >= 0.6 is 0 Å². The van der Waals surface area contributed by atoms with Gasteiger partial charge in [-0.25, -0.2) is 4.79 Å². The van der Waals surface area contributed by atoms with E-state index >= 15 is 0 Å². The van der Waals surface area contributed by atoms with Gasteiger partial charge in [0.25, 0.3) is 0 Å². The van der Waals surface area contributed by atoms with Gasteiger partial charge in [-0.1, -0.05) is 18.2 Å². The number of aryl methyl sites for hydroxylation is 1. The van der Waals surface area contributed by atoms with Crippen LogP contribution in [0.3, 0.4) is 0 Å². The Morgan fingerprint density at radius 1 is 1.33 bits per heavy atom. The van der Waals surface area contributed by atoms with Crippen LogP contribution in [0, 0.1) is 0 Å². The molecule has 1 unspecified atom stereocenters. The summed E-state index contributed by atoms with van der Waals surface area (Å²) in [5.41, 5.74) is 1.92. The Labute approximate surface area is 140 Å². The Morgan fingerprint density at radius 2 is 2.12 bits per heavy atom. The minimum atomic E-state index is -0.469. The first-order chi connectivity index (χ1) is 11.6. The third-order valence-electron chi connectivity index (χ3n) is 4.04. The monoisotopic (exact) mass is 327 g/mol. The Morgan fingerprint density at radius 3 is 2.83 bits per heavy atom. The summed E-state index contributed by atoms with van der Waals surface area (Å²) in [6.45, 7) is 1.12. The van der Waals surface area contributed by atoms with E-state index in [4.69, 9.17) is 0 Å². The molecule has 1 aromatic carbocycles. The van der Waals surface area contributed by atoms with Crippen LogP contribution in [0.15, 0.2) is 42.7 Å². The molecule has 126 valence electrons. The lowest BCUT2D eigenvalue weighted by molar-refractivity contribution is -0.118. The average Bonchev–Trinajstić information content (AvgIpc) is 3.15. The standard InChI is InChI=1S/C17H21N5O2/c1-21-12-13(11-19-21)7-9-18-17(24)20-15-8-10-22(16(15)23)14-5-3-2-4-6-14/h2-6,11-12,15H,7-10H2,1H3,(H2,18,20,24). The number of nitrogens with zero attached hydrogens (tertiary/aromatic N) is 3. The smallest absolute Gasteiger partial charge is 0.315 e. The van der Waals surface area contributed by atoms with Crippen LogP contribution in [0.5, 0.6) is 0 Å². The van der Waals surface area contributed by atoms with Gasteiger partial charge in [0.05, 0.1) is 6.20 Å². The fraction of sp³-hybridized carbons (Fsp3) is 0.353. The maximum atomic E-state index is 12.4. The molecule has 0 bridgehead atoms. The summed E-state index contributed by atoms with van der Waals surface area (Å²) in [4.78, 5) is 26.1. The van der Waals surface area contributed by atoms with Crippen LogP contribution in [0.4, 0.5) is 10.5 Å². The number of nitrogens with one attached hydrogen (secondary N) is 2. The van der Waals surface area contributed by atoms with Crippen molar-refractivity contribution in [1.82, 2.24) is 20.4 Å². The Balaban J connectivity index is 1.46. The van der Waals surface area contributed by atoms with Gasteiger partial charge in [-0.15, -0.1) is 0 Å². The van der Waals surface area contributed by atoms with Crippen LogP contribution in [-0.4, -0.2) is 40.9 Å². The first-order valence-corrected chi connectivity index (χ1v) is 8.02. The number of hydrogen-bond donors (Lipinski definition) is 2. The molecule has 7 nitrogen and oxygen atoms in total. The van der Waals surface area contributed by atoms with Crippen molar-refractivity contribution in [3.05, 3.63) is 48.3 Å². The number of anilines is 1. The molecule has 0 spiro atoms. The first-order valence-electron chi connectivity index (χ1n) is 8.02. The topological polar surface area (TPSA) is 79.3 Å². The molecule has 3 amide bonds. The van der Waals surface area contributed by atoms with Crippen molar-refractivity contribution >= 4 is 17.6 Å². The molecule has 2 heterocycles. The van der Waals surface area contributed by atoms with E-state index in [9.17, 15) is 9.59 Å². The van der Waals surface area contributed by atoms with Crippen molar-refractivity contribution < 1.29 is 9.59 Å². The summed E-state index contributed by atoms with van der Waals surface area (Å²) in [5, 5.41) is 9.63. The number of aromatic nitrogens is 2. The molecule has 0 saturated carbocycles. The van der Waals surface area contributed by atoms with E-state index in [0.717, 1.165) is 11.3 Å². The molecule has 1 aliphatic rings. The van der Waals surface area contributed by atoms with E-state index in [1.807, 2.05) is 43.6 Å². The molecule has 24 heavy (non-hydrogen) atoms.